The van der Waals surface area contributed by atoms with E-state index in [1.807, 2.05) is 25.4 Å². The molecule has 0 saturated heterocycles. The molecular formula is C16H19F3N2O. The first-order valence-electron chi connectivity index (χ1n) is 7.12. The molecule has 2 aromatic rings. The van der Waals surface area contributed by atoms with Crippen LogP contribution in [0.5, 0.6) is 0 Å². The summed E-state index contributed by atoms with van der Waals surface area (Å²) in [4.78, 5) is 2.94. The fraction of sp³-hybridized carbons (Fsp3) is 0.375. The fourth-order valence-electron chi connectivity index (χ4n) is 2.30. The van der Waals surface area contributed by atoms with Gasteiger partial charge in [0.2, 0.25) is 0 Å². The zero-order valence-electron chi connectivity index (χ0n) is 12.2. The number of nitrogens with one attached hydrogen (secondary N) is 2. The maximum Gasteiger partial charge on any atom is 0.416 e. The average molecular weight is 312 g/mol. The van der Waals surface area contributed by atoms with E-state index >= 15 is 0 Å². The predicted octanol–water partition coefficient (Wildman–Crippen LogP) is 3.64. The van der Waals surface area contributed by atoms with E-state index in [0.29, 0.717) is 18.5 Å². The average Bonchev–Trinajstić information content (AvgIpc) is 3.00. The molecule has 0 bridgehead atoms. The van der Waals surface area contributed by atoms with Crippen molar-refractivity contribution in [3.05, 3.63) is 59.4 Å². The Morgan fingerprint density at radius 1 is 1.18 bits per heavy atom. The van der Waals surface area contributed by atoms with E-state index in [4.69, 9.17) is 0 Å². The lowest BCUT2D eigenvalue weighted by Crippen LogP contribution is -2.34. The highest BCUT2D eigenvalue weighted by atomic mass is 19.4. The van der Waals surface area contributed by atoms with Crippen LogP contribution in [0.4, 0.5) is 13.2 Å². The van der Waals surface area contributed by atoms with E-state index in [-0.39, 0.29) is 6.04 Å². The quantitative estimate of drug-likeness (QED) is 0.763. The lowest BCUT2D eigenvalue weighted by molar-refractivity contribution is -0.137. The van der Waals surface area contributed by atoms with E-state index in [9.17, 15) is 18.3 Å². The van der Waals surface area contributed by atoms with E-state index in [0.717, 1.165) is 17.7 Å². The molecule has 0 radical (unpaired) electrons. The van der Waals surface area contributed by atoms with Gasteiger partial charge in [0.15, 0.2) is 0 Å². The minimum atomic E-state index is -4.36. The number of aliphatic hydroxyl groups is 1. The van der Waals surface area contributed by atoms with Gasteiger partial charge in [0.1, 0.15) is 0 Å². The van der Waals surface area contributed by atoms with Crippen molar-refractivity contribution in [3.63, 3.8) is 0 Å². The molecule has 1 aromatic carbocycles. The number of rotatable bonds is 6. The summed E-state index contributed by atoms with van der Waals surface area (Å²) < 4.78 is 37.6. The Hall–Kier alpha value is -1.79. The van der Waals surface area contributed by atoms with Crippen LogP contribution in [0.25, 0.3) is 0 Å². The second-order valence-corrected chi connectivity index (χ2v) is 5.18. The summed E-state index contributed by atoms with van der Waals surface area (Å²) in [5.41, 5.74) is 0.816. The van der Waals surface area contributed by atoms with Gasteiger partial charge in [-0.15, -0.1) is 0 Å². The van der Waals surface area contributed by atoms with Crippen LogP contribution in [0.2, 0.25) is 0 Å². The molecule has 1 heterocycles. The number of hydrogen-bond donors (Lipinski definition) is 3. The van der Waals surface area contributed by atoms with Crippen LogP contribution in [0.1, 0.15) is 36.1 Å². The summed E-state index contributed by atoms with van der Waals surface area (Å²) in [6, 6.07) is 6.34. The number of aliphatic hydroxyl groups excluding tert-OH is 1. The number of aromatic amines is 1. The minimum absolute atomic E-state index is 0.230. The Morgan fingerprint density at radius 3 is 2.36 bits per heavy atom. The number of H-pyrrole nitrogens is 1. The van der Waals surface area contributed by atoms with Crippen LogP contribution in [0.3, 0.4) is 0 Å². The Morgan fingerprint density at radius 2 is 1.86 bits per heavy atom. The van der Waals surface area contributed by atoms with Crippen LogP contribution >= 0.6 is 0 Å². The molecule has 3 nitrogen and oxygen atoms in total. The standard InChI is InChI=1S/C16H19F3N2O/c1-2-14(21-10-11-7-8-20-9-11)15(22)12-3-5-13(6-4-12)16(17,18)19/h3-9,14-15,20-22H,2,10H2,1H3. The van der Waals surface area contributed by atoms with E-state index in [2.05, 4.69) is 10.3 Å². The third-order valence-corrected chi connectivity index (χ3v) is 3.63. The molecule has 0 amide bonds. The Bertz CT molecular complexity index is 564. The molecule has 0 aliphatic heterocycles. The SMILES string of the molecule is CCC(NCc1cc[nH]c1)C(O)c1ccc(C(F)(F)F)cc1. The first-order chi connectivity index (χ1) is 10.4. The third kappa shape index (κ3) is 4.11. The smallest absolute Gasteiger partial charge is 0.387 e. The molecule has 0 aliphatic carbocycles. The summed E-state index contributed by atoms with van der Waals surface area (Å²) in [6.45, 7) is 2.50. The van der Waals surface area contributed by atoms with Crippen LogP contribution < -0.4 is 5.32 Å². The monoisotopic (exact) mass is 312 g/mol. The number of aromatic nitrogens is 1. The van der Waals surface area contributed by atoms with E-state index in [1.165, 1.54) is 12.1 Å². The molecule has 0 aliphatic rings. The van der Waals surface area contributed by atoms with Crippen molar-refractivity contribution in [2.24, 2.45) is 0 Å². The van der Waals surface area contributed by atoms with E-state index < -0.39 is 17.8 Å². The molecule has 22 heavy (non-hydrogen) atoms. The van der Waals surface area contributed by atoms with Crippen molar-refractivity contribution < 1.29 is 18.3 Å². The van der Waals surface area contributed by atoms with Crippen molar-refractivity contribution >= 4 is 0 Å². The zero-order chi connectivity index (χ0) is 16.2. The van der Waals surface area contributed by atoms with Gasteiger partial charge in [-0.2, -0.15) is 13.2 Å². The largest absolute Gasteiger partial charge is 0.416 e. The summed E-state index contributed by atoms with van der Waals surface area (Å²) in [5.74, 6) is 0. The number of halogens is 3. The normalized spacial score (nSPS) is 14.8. The first-order valence-corrected chi connectivity index (χ1v) is 7.12. The molecule has 6 heteroatoms. The first kappa shape index (κ1) is 16.6. The predicted molar refractivity (Wildman–Crippen MR) is 78.1 cm³/mol. The van der Waals surface area contributed by atoms with Gasteiger partial charge in [-0.3, -0.25) is 0 Å². The number of benzene rings is 1. The Balaban J connectivity index is 2.02. The molecule has 0 saturated carbocycles. The van der Waals surface area contributed by atoms with Gasteiger partial charge in [-0.1, -0.05) is 19.1 Å². The second kappa shape index (κ2) is 6.98. The summed E-state index contributed by atoms with van der Waals surface area (Å²) in [5, 5.41) is 13.6. The maximum atomic E-state index is 12.5. The van der Waals surface area contributed by atoms with Crippen molar-refractivity contribution in [2.45, 2.75) is 38.2 Å². The van der Waals surface area contributed by atoms with Gasteiger partial charge in [-0.05, 0) is 35.7 Å². The molecule has 2 atom stereocenters. The van der Waals surface area contributed by atoms with Crippen molar-refractivity contribution in [2.75, 3.05) is 0 Å². The number of alkyl halides is 3. The van der Waals surface area contributed by atoms with Gasteiger partial charge in [0.05, 0.1) is 11.7 Å². The molecule has 2 unspecified atom stereocenters. The molecule has 1 aromatic heterocycles. The van der Waals surface area contributed by atoms with Gasteiger partial charge in [-0.25, -0.2) is 0 Å². The fourth-order valence-corrected chi connectivity index (χ4v) is 2.30. The summed E-state index contributed by atoms with van der Waals surface area (Å²) in [6.07, 6.45) is -0.896. The third-order valence-electron chi connectivity index (χ3n) is 3.63. The summed E-state index contributed by atoms with van der Waals surface area (Å²) in [7, 11) is 0. The zero-order valence-corrected chi connectivity index (χ0v) is 12.2. The molecule has 120 valence electrons. The van der Waals surface area contributed by atoms with Crippen LogP contribution in [0.15, 0.2) is 42.7 Å². The summed E-state index contributed by atoms with van der Waals surface area (Å²) >= 11 is 0. The second-order valence-electron chi connectivity index (χ2n) is 5.18. The van der Waals surface area contributed by atoms with Crippen LogP contribution in [-0.2, 0) is 12.7 Å². The van der Waals surface area contributed by atoms with Gasteiger partial charge >= 0.3 is 6.18 Å². The minimum Gasteiger partial charge on any atom is -0.387 e. The number of hydrogen-bond acceptors (Lipinski definition) is 2. The molecule has 0 fully saturated rings. The van der Waals surface area contributed by atoms with E-state index in [1.54, 1.807) is 0 Å². The molecule has 0 spiro atoms. The topological polar surface area (TPSA) is 48.0 Å². The van der Waals surface area contributed by atoms with Crippen molar-refractivity contribution in [1.82, 2.24) is 10.3 Å². The molecular weight excluding hydrogens is 293 g/mol. The maximum absolute atomic E-state index is 12.5. The highest BCUT2D eigenvalue weighted by Crippen LogP contribution is 2.30. The van der Waals surface area contributed by atoms with Gasteiger partial charge < -0.3 is 15.4 Å². The lowest BCUT2D eigenvalue weighted by atomic mass is 9.99. The highest BCUT2D eigenvalue weighted by Gasteiger charge is 2.30. The van der Waals surface area contributed by atoms with Gasteiger partial charge in [0.25, 0.3) is 0 Å². The Labute approximate surface area is 127 Å². The van der Waals surface area contributed by atoms with Crippen LogP contribution in [0, 0.1) is 0 Å². The molecule has 2 rings (SSSR count). The van der Waals surface area contributed by atoms with Crippen molar-refractivity contribution in [1.29, 1.82) is 0 Å². The van der Waals surface area contributed by atoms with Crippen molar-refractivity contribution in [3.8, 4) is 0 Å². The highest BCUT2D eigenvalue weighted by molar-refractivity contribution is 5.26. The lowest BCUT2D eigenvalue weighted by Gasteiger charge is -2.23. The van der Waals surface area contributed by atoms with Crippen LogP contribution in [-0.4, -0.2) is 16.1 Å². The van der Waals surface area contributed by atoms with Gasteiger partial charge in [0, 0.05) is 25.0 Å². The Kier molecular flexibility index (Phi) is 5.26. The molecule has 3 N–H and O–H groups in total.